The van der Waals surface area contributed by atoms with Gasteiger partial charge in [0.15, 0.2) is 0 Å². The van der Waals surface area contributed by atoms with Gasteiger partial charge in [0.05, 0.1) is 11.7 Å². The first-order chi connectivity index (χ1) is 17.1. The second-order valence-corrected chi connectivity index (χ2v) is 7.02. The third kappa shape index (κ3) is 4.88. The quantitative estimate of drug-likeness (QED) is 0.568. The number of rotatable bonds is 4. The van der Waals surface area contributed by atoms with Gasteiger partial charge in [0.25, 0.3) is 5.91 Å². The van der Waals surface area contributed by atoms with E-state index < -0.39 is 49.2 Å². The van der Waals surface area contributed by atoms with Gasteiger partial charge in [0, 0.05) is 53.3 Å². The van der Waals surface area contributed by atoms with Gasteiger partial charge in [0.1, 0.15) is 10.8 Å². The highest BCUT2D eigenvalue weighted by molar-refractivity contribution is 6.29. The number of pyridine rings is 2. The minimum atomic E-state index is -2.94. The number of carbonyl (C=O) groups excluding carboxylic acids is 3. The Kier molecular flexibility index (Phi) is 4.60. The normalized spacial score (nSPS) is 19.7. The van der Waals surface area contributed by atoms with Crippen molar-refractivity contribution >= 4 is 29.3 Å². The van der Waals surface area contributed by atoms with Gasteiger partial charge < -0.3 is 15.1 Å². The summed E-state index contributed by atoms with van der Waals surface area (Å²) in [6.07, 6.45) is 1.09. The molecule has 2 aromatic heterocycles. The predicted molar refractivity (Wildman–Crippen MR) is 113 cm³/mol. The predicted octanol–water partition coefficient (Wildman–Crippen LogP) is 2.21. The summed E-state index contributed by atoms with van der Waals surface area (Å²) in [4.78, 5) is 47.2. The van der Waals surface area contributed by atoms with E-state index in [-0.39, 0.29) is 36.0 Å². The van der Waals surface area contributed by atoms with Gasteiger partial charge in [-0.1, -0.05) is 18.2 Å². The van der Waals surface area contributed by atoms with Gasteiger partial charge in [0.2, 0.25) is 17.8 Å². The molecule has 0 saturated carbocycles. The summed E-state index contributed by atoms with van der Waals surface area (Å²) in [6, 6.07) is 3.87. The van der Waals surface area contributed by atoms with E-state index in [4.69, 9.17) is 19.8 Å². The van der Waals surface area contributed by atoms with E-state index in [1.165, 1.54) is 17.0 Å². The van der Waals surface area contributed by atoms with Gasteiger partial charge in [-0.25, -0.2) is 9.97 Å². The number of hydrogen-bond donors (Lipinski definition) is 1. The van der Waals surface area contributed by atoms with Crippen molar-refractivity contribution in [2.75, 3.05) is 26.6 Å². The fourth-order valence-corrected chi connectivity index (χ4v) is 3.54. The Balaban J connectivity index is 2.07. The molecule has 0 radical (unpaired) electrons. The number of nitrogens with one attached hydrogen (secondary N) is 1. The van der Waals surface area contributed by atoms with Crippen molar-refractivity contribution in [1.82, 2.24) is 25.1 Å². The minimum absolute atomic E-state index is 0.00970. The first-order valence-corrected chi connectivity index (χ1v) is 9.37. The molecule has 1 atom stereocenters. The molecule has 1 fully saturated rings. The number of carbonyl (C=O) groups is 3. The highest BCUT2D eigenvalue weighted by Crippen LogP contribution is 2.31. The summed E-state index contributed by atoms with van der Waals surface area (Å²) >= 11 is 6.21. The standard InChI is InChI=1S/C21H21ClFN5O3/c1-4-20(30)27-5-6-28(12(2)29)17(11-27)14-8-15(25-18(22)9-14)13-7-16(21(31)24-3)26-19(23)10-13/h4,7-10,17H,1,5-6,11H2,2-3H3,(H,24,31)/t17-/m0/s1/i2D3,3D3. The van der Waals surface area contributed by atoms with E-state index >= 15 is 0 Å². The lowest BCUT2D eigenvalue weighted by Crippen LogP contribution is -2.51. The number of amides is 3. The van der Waals surface area contributed by atoms with Crippen LogP contribution in [-0.4, -0.2) is 64.1 Å². The van der Waals surface area contributed by atoms with Crippen LogP contribution in [0.5, 0.6) is 0 Å². The molecule has 0 aromatic carbocycles. The van der Waals surface area contributed by atoms with E-state index in [9.17, 15) is 18.8 Å². The van der Waals surface area contributed by atoms with Crippen LogP contribution in [0.2, 0.25) is 5.15 Å². The largest absolute Gasteiger partial charge is 0.354 e. The Hall–Kier alpha value is -3.33. The van der Waals surface area contributed by atoms with Crippen LogP contribution in [-0.2, 0) is 9.59 Å². The maximum atomic E-state index is 14.3. The fraction of sp³-hybridized carbons (Fsp3) is 0.286. The Labute approximate surface area is 192 Å². The number of nitrogens with zero attached hydrogens (tertiary/aromatic N) is 4. The highest BCUT2D eigenvalue weighted by atomic mass is 35.5. The molecule has 1 aliphatic rings. The third-order valence-electron chi connectivity index (χ3n) is 4.76. The van der Waals surface area contributed by atoms with Crippen LogP contribution in [0.4, 0.5) is 4.39 Å². The topological polar surface area (TPSA) is 95.5 Å². The zero-order valence-electron chi connectivity index (χ0n) is 22.1. The van der Waals surface area contributed by atoms with Crippen LogP contribution >= 0.6 is 11.6 Å². The highest BCUT2D eigenvalue weighted by Gasteiger charge is 2.32. The van der Waals surface area contributed by atoms with Crippen LogP contribution in [0.25, 0.3) is 11.3 Å². The van der Waals surface area contributed by atoms with Gasteiger partial charge in [-0.3, -0.25) is 14.4 Å². The minimum Gasteiger partial charge on any atom is -0.354 e. The summed E-state index contributed by atoms with van der Waals surface area (Å²) < 4.78 is 58.4. The lowest BCUT2D eigenvalue weighted by Gasteiger charge is -2.41. The van der Waals surface area contributed by atoms with Crippen LogP contribution in [0.3, 0.4) is 0 Å². The SMILES string of the molecule is [2H]C([2H])([2H])NC(=O)c1cc(-c2cc([C@@H]3CN(C(=O)C=C)CCN3C(=O)C([2H])([2H])[2H])cc(Cl)n2)cc(F)n1. The summed E-state index contributed by atoms with van der Waals surface area (Å²) in [5, 5.41) is 1.61. The molecule has 3 heterocycles. The second-order valence-electron chi connectivity index (χ2n) is 6.63. The molecule has 3 amide bonds. The van der Waals surface area contributed by atoms with Gasteiger partial charge >= 0.3 is 0 Å². The number of piperazine rings is 1. The molecule has 1 saturated heterocycles. The Morgan fingerprint density at radius 2 is 2.10 bits per heavy atom. The molecule has 3 rings (SSSR count). The van der Waals surface area contributed by atoms with Gasteiger partial charge in [-0.15, -0.1) is 0 Å². The number of hydrogen-bond acceptors (Lipinski definition) is 5. The lowest BCUT2D eigenvalue weighted by molar-refractivity contribution is -0.139. The van der Waals surface area contributed by atoms with E-state index in [0.717, 1.165) is 23.1 Å². The number of aromatic nitrogens is 2. The molecule has 31 heavy (non-hydrogen) atoms. The van der Waals surface area contributed by atoms with Crippen molar-refractivity contribution in [1.29, 1.82) is 0 Å². The number of halogens is 2. The van der Waals surface area contributed by atoms with E-state index in [1.807, 2.05) is 0 Å². The molecule has 0 aliphatic carbocycles. The first kappa shape index (κ1) is 15.5. The first-order valence-electron chi connectivity index (χ1n) is 12.0. The maximum Gasteiger partial charge on any atom is 0.269 e. The Morgan fingerprint density at radius 1 is 1.29 bits per heavy atom. The molecule has 1 aliphatic heterocycles. The van der Waals surface area contributed by atoms with Crippen molar-refractivity contribution in [2.24, 2.45) is 0 Å². The van der Waals surface area contributed by atoms with Crippen LogP contribution in [0.15, 0.2) is 36.9 Å². The van der Waals surface area contributed by atoms with Crippen molar-refractivity contribution in [3.8, 4) is 11.3 Å². The zero-order chi connectivity index (χ0) is 27.7. The van der Waals surface area contributed by atoms with Crippen molar-refractivity contribution < 1.29 is 27.0 Å². The van der Waals surface area contributed by atoms with E-state index in [0.29, 0.717) is 5.56 Å². The van der Waals surface area contributed by atoms with Gasteiger partial charge in [-0.2, -0.15) is 4.39 Å². The van der Waals surface area contributed by atoms with E-state index in [1.54, 1.807) is 5.32 Å². The molecule has 8 nitrogen and oxygen atoms in total. The average molecular weight is 452 g/mol. The Morgan fingerprint density at radius 3 is 2.81 bits per heavy atom. The maximum absolute atomic E-state index is 14.3. The van der Waals surface area contributed by atoms with E-state index in [2.05, 4.69) is 16.5 Å². The summed E-state index contributed by atoms with van der Waals surface area (Å²) in [6.45, 7) is -2.42. The fourth-order valence-electron chi connectivity index (χ4n) is 3.32. The average Bonchev–Trinajstić information content (AvgIpc) is 2.80. The molecule has 162 valence electrons. The van der Waals surface area contributed by atoms with Crippen molar-refractivity contribution in [3.05, 3.63) is 59.3 Å². The summed E-state index contributed by atoms with van der Waals surface area (Å²) in [5.74, 6) is -3.80. The second kappa shape index (κ2) is 9.22. The molecule has 0 unspecified atom stereocenters. The molecule has 10 heteroatoms. The molecule has 1 N–H and O–H groups in total. The molecule has 2 aromatic rings. The van der Waals surface area contributed by atoms with Gasteiger partial charge in [-0.05, 0) is 29.8 Å². The molecule has 0 spiro atoms. The molecule has 0 bridgehead atoms. The smallest absolute Gasteiger partial charge is 0.269 e. The van der Waals surface area contributed by atoms with Crippen LogP contribution < -0.4 is 5.32 Å². The Bertz CT molecular complexity index is 1260. The zero-order valence-corrected chi connectivity index (χ0v) is 16.8. The summed E-state index contributed by atoms with van der Waals surface area (Å²) in [7, 11) is 0. The van der Waals surface area contributed by atoms with Crippen LogP contribution in [0.1, 0.15) is 37.2 Å². The van der Waals surface area contributed by atoms with Crippen molar-refractivity contribution in [3.63, 3.8) is 0 Å². The molecular weight excluding hydrogens is 425 g/mol. The third-order valence-corrected chi connectivity index (χ3v) is 4.96. The monoisotopic (exact) mass is 451 g/mol. The van der Waals surface area contributed by atoms with Crippen LogP contribution in [0, 0.1) is 5.95 Å². The lowest BCUT2D eigenvalue weighted by atomic mass is 10.00. The summed E-state index contributed by atoms with van der Waals surface area (Å²) in [5.41, 5.74) is -0.204. The molecular formula is C21H21ClFN5O3. The van der Waals surface area contributed by atoms with Crippen molar-refractivity contribution in [2.45, 2.75) is 12.9 Å².